The highest BCUT2D eigenvalue weighted by Crippen LogP contribution is 2.18. The fourth-order valence-corrected chi connectivity index (χ4v) is 3.84. The quantitative estimate of drug-likeness (QED) is 0.310. The van der Waals surface area contributed by atoms with Gasteiger partial charge in [0.1, 0.15) is 12.5 Å². The molecule has 0 unspecified atom stereocenters. The summed E-state index contributed by atoms with van der Waals surface area (Å²) in [6, 6.07) is 8.69. The van der Waals surface area contributed by atoms with Gasteiger partial charge in [-0.2, -0.15) is 18.4 Å². The van der Waals surface area contributed by atoms with Crippen LogP contribution in [0.1, 0.15) is 31.2 Å². The van der Waals surface area contributed by atoms with Crippen molar-refractivity contribution in [2.45, 2.75) is 56.3 Å². The molecule has 1 aromatic rings. The molecule has 1 aromatic carbocycles. The van der Waals surface area contributed by atoms with E-state index in [2.05, 4.69) is 10.6 Å². The lowest BCUT2D eigenvalue weighted by Crippen LogP contribution is -2.56. The van der Waals surface area contributed by atoms with Gasteiger partial charge in [0.15, 0.2) is 0 Å². The molecule has 0 aliphatic carbocycles. The van der Waals surface area contributed by atoms with Crippen molar-refractivity contribution in [1.29, 1.82) is 5.26 Å². The third kappa shape index (κ3) is 10.2. The molecule has 4 N–H and O–H groups in total. The minimum Gasteiger partial charge on any atom is -0.426 e. The molecule has 35 heavy (non-hydrogen) atoms. The number of likely N-dealkylation sites (tertiary alicyclic amines) is 1. The van der Waals surface area contributed by atoms with Crippen molar-refractivity contribution in [3.05, 3.63) is 35.9 Å². The molecule has 13 heteroatoms. The van der Waals surface area contributed by atoms with Gasteiger partial charge < -0.3 is 25.0 Å². The zero-order valence-corrected chi connectivity index (χ0v) is 19.2. The van der Waals surface area contributed by atoms with E-state index in [-0.39, 0.29) is 31.4 Å². The lowest BCUT2D eigenvalue weighted by atomic mass is 9.76. The number of alkyl halides is 3. The maximum Gasteiger partial charge on any atom is 0.475 e. The molecule has 0 aromatic heterocycles. The molecule has 1 heterocycles. The van der Waals surface area contributed by atoms with Crippen LogP contribution in [0.25, 0.3) is 0 Å². The molecule has 192 valence electrons. The number of hydrogen-bond donors (Lipinski definition) is 4. The maximum absolute atomic E-state index is 12.8. The van der Waals surface area contributed by atoms with Crippen LogP contribution < -0.4 is 10.6 Å². The Balaban J connectivity index is 2.01. The second kappa shape index (κ2) is 14.0. The fourth-order valence-electron chi connectivity index (χ4n) is 3.84. The molecule has 1 fully saturated rings. The van der Waals surface area contributed by atoms with Gasteiger partial charge in [0.25, 0.3) is 0 Å². The minimum atomic E-state index is -4.58. The van der Waals surface area contributed by atoms with E-state index in [1.54, 1.807) is 30.3 Å². The van der Waals surface area contributed by atoms with Gasteiger partial charge in [0.05, 0.1) is 37.8 Å². The van der Waals surface area contributed by atoms with Gasteiger partial charge in [-0.3, -0.25) is 14.9 Å². The second-order valence-corrected chi connectivity index (χ2v) is 8.38. The zero-order valence-electron chi connectivity index (χ0n) is 19.2. The van der Waals surface area contributed by atoms with Gasteiger partial charge in [-0.1, -0.05) is 30.3 Å². The molecule has 0 radical (unpaired) electrons. The molecule has 2 rings (SSSR count). The SMILES string of the molecule is N#CCC(=O)N1CCCC[C@@H]1COC[C@H](NCC(F)(F)F)C(=O)N[C@@H](Cc1ccccc1)B(O)O. The first-order valence-corrected chi connectivity index (χ1v) is 11.4. The Hall–Kier alpha value is -2.66. The maximum atomic E-state index is 12.8. The minimum absolute atomic E-state index is 0.00921. The lowest BCUT2D eigenvalue weighted by Gasteiger charge is -2.35. The van der Waals surface area contributed by atoms with Crippen molar-refractivity contribution in [2.24, 2.45) is 0 Å². The summed E-state index contributed by atoms with van der Waals surface area (Å²) in [5, 5.41) is 32.6. The molecule has 2 amide bonds. The van der Waals surface area contributed by atoms with E-state index in [1.807, 2.05) is 6.07 Å². The number of amides is 2. The molecule has 0 saturated carbocycles. The summed E-state index contributed by atoms with van der Waals surface area (Å²) in [7, 11) is -1.94. The van der Waals surface area contributed by atoms with Crippen LogP contribution in [0.15, 0.2) is 30.3 Å². The molecule has 0 spiro atoms. The summed E-state index contributed by atoms with van der Waals surface area (Å²) < 4.78 is 43.9. The van der Waals surface area contributed by atoms with Crippen molar-refractivity contribution >= 4 is 18.9 Å². The topological polar surface area (TPSA) is 135 Å². The number of carbonyl (C=O) groups is 2. The van der Waals surface area contributed by atoms with Crippen LogP contribution in [-0.4, -0.2) is 84.4 Å². The molecule has 9 nitrogen and oxygen atoms in total. The Morgan fingerprint density at radius 2 is 1.97 bits per heavy atom. The summed E-state index contributed by atoms with van der Waals surface area (Å²) >= 11 is 0. The standard InChI is InChI=1S/C22H30BF3N4O5/c24-22(25,26)15-28-18(14-35-13-17-8-4-5-11-30(17)20(31)9-10-27)21(32)29-19(23(33)34)12-16-6-2-1-3-7-16/h1-3,6-7,17-19,28,33-34H,4-5,8-9,11-15H2,(H,29,32)/t17-,18+,19+/m1/s1. The van der Waals surface area contributed by atoms with Gasteiger partial charge >= 0.3 is 13.3 Å². The summed E-state index contributed by atoms with van der Waals surface area (Å²) in [5.41, 5.74) is 0.696. The fraction of sp³-hybridized carbons (Fsp3) is 0.591. The first-order valence-electron chi connectivity index (χ1n) is 11.4. The van der Waals surface area contributed by atoms with Crippen LogP contribution >= 0.6 is 0 Å². The van der Waals surface area contributed by atoms with Crippen molar-refractivity contribution < 1.29 is 37.5 Å². The van der Waals surface area contributed by atoms with Crippen molar-refractivity contribution in [3.8, 4) is 6.07 Å². The first-order chi connectivity index (χ1) is 16.6. The first kappa shape index (κ1) is 28.6. The largest absolute Gasteiger partial charge is 0.475 e. The highest BCUT2D eigenvalue weighted by atomic mass is 19.4. The van der Waals surface area contributed by atoms with E-state index in [1.165, 1.54) is 4.90 Å². The van der Waals surface area contributed by atoms with E-state index < -0.39 is 44.3 Å². The lowest BCUT2D eigenvalue weighted by molar-refractivity contribution is -0.138. The number of hydrogen-bond acceptors (Lipinski definition) is 7. The molecule has 1 aliphatic heterocycles. The Kier molecular flexibility index (Phi) is 11.5. The monoisotopic (exact) mass is 498 g/mol. The average molecular weight is 498 g/mol. The number of nitrogens with zero attached hydrogens (tertiary/aromatic N) is 2. The normalized spacial score (nSPS) is 17.8. The number of rotatable bonds is 12. The number of piperidine rings is 1. The van der Waals surface area contributed by atoms with Crippen molar-refractivity contribution in [3.63, 3.8) is 0 Å². The van der Waals surface area contributed by atoms with Crippen LogP contribution in [0.4, 0.5) is 13.2 Å². The van der Waals surface area contributed by atoms with Crippen molar-refractivity contribution in [1.82, 2.24) is 15.5 Å². The third-order valence-electron chi connectivity index (χ3n) is 5.62. The highest BCUT2D eigenvalue weighted by Gasteiger charge is 2.33. The number of carbonyl (C=O) groups excluding carboxylic acids is 2. The molecule has 1 saturated heterocycles. The van der Waals surface area contributed by atoms with Gasteiger partial charge in [0, 0.05) is 6.54 Å². The van der Waals surface area contributed by atoms with Crippen molar-refractivity contribution in [2.75, 3.05) is 26.3 Å². The van der Waals surface area contributed by atoms with Crippen LogP contribution in [0.3, 0.4) is 0 Å². The summed E-state index contributed by atoms with van der Waals surface area (Å²) in [6.45, 7) is -1.43. The zero-order chi connectivity index (χ0) is 25.8. The van der Waals surface area contributed by atoms with Gasteiger partial charge in [-0.25, -0.2) is 0 Å². The van der Waals surface area contributed by atoms with Gasteiger partial charge in [0.2, 0.25) is 11.8 Å². The van der Waals surface area contributed by atoms with Gasteiger partial charge in [-0.05, 0) is 31.2 Å². The van der Waals surface area contributed by atoms with Crippen LogP contribution in [0.5, 0.6) is 0 Å². The predicted molar refractivity (Wildman–Crippen MR) is 121 cm³/mol. The molecule has 1 aliphatic rings. The third-order valence-corrected chi connectivity index (χ3v) is 5.62. The molecular weight excluding hydrogens is 468 g/mol. The Morgan fingerprint density at radius 1 is 1.26 bits per heavy atom. The van der Waals surface area contributed by atoms with Crippen LogP contribution in [-0.2, 0) is 20.7 Å². The van der Waals surface area contributed by atoms with E-state index in [4.69, 9.17) is 10.00 Å². The van der Waals surface area contributed by atoms with Crippen LogP contribution in [0.2, 0.25) is 0 Å². The van der Waals surface area contributed by atoms with Gasteiger partial charge in [-0.15, -0.1) is 0 Å². The Morgan fingerprint density at radius 3 is 2.60 bits per heavy atom. The Labute approximate surface area is 202 Å². The van der Waals surface area contributed by atoms with E-state index in [0.717, 1.165) is 12.8 Å². The average Bonchev–Trinajstić information content (AvgIpc) is 2.81. The van der Waals surface area contributed by atoms with E-state index >= 15 is 0 Å². The van der Waals surface area contributed by atoms with E-state index in [9.17, 15) is 32.8 Å². The number of nitriles is 1. The summed E-state index contributed by atoms with van der Waals surface area (Å²) in [4.78, 5) is 26.5. The molecule has 0 bridgehead atoms. The number of nitrogens with one attached hydrogen (secondary N) is 2. The number of halogens is 3. The van der Waals surface area contributed by atoms with E-state index in [0.29, 0.717) is 18.5 Å². The molecular formula is C22H30BF3N4O5. The highest BCUT2D eigenvalue weighted by molar-refractivity contribution is 6.43. The number of ether oxygens (including phenoxy) is 1. The smallest absolute Gasteiger partial charge is 0.426 e. The second-order valence-electron chi connectivity index (χ2n) is 8.38. The van der Waals surface area contributed by atoms with Crippen LogP contribution in [0, 0.1) is 11.3 Å². The summed E-state index contributed by atoms with van der Waals surface area (Å²) in [5.74, 6) is -2.38. The number of benzene rings is 1. The Bertz CT molecular complexity index is 854. The summed E-state index contributed by atoms with van der Waals surface area (Å²) in [6.07, 6.45) is -2.59. The molecule has 3 atom stereocenters. The predicted octanol–water partition coefficient (Wildman–Crippen LogP) is 0.558.